The van der Waals surface area contributed by atoms with Crippen LogP contribution in [0.5, 0.6) is 0 Å². The van der Waals surface area contributed by atoms with Crippen molar-refractivity contribution in [2.75, 3.05) is 32.7 Å². The molecule has 1 aliphatic carbocycles. The minimum Gasteiger partial charge on any atom is -0.337 e. The first-order valence-electron chi connectivity index (χ1n) is 9.37. The van der Waals surface area contributed by atoms with Crippen LogP contribution in [-0.4, -0.2) is 53.4 Å². The maximum Gasteiger partial charge on any atom is 0.275 e. The summed E-state index contributed by atoms with van der Waals surface area (Å²) in [7, 11) is 0. The van der Waals surface area contributed by atoms with E-state index in [-0.39, 0.29) is 11.1 Å². The van der Waals surface area contributed by atoms with E-state index >= 15 is 0 Å². The third kappa shape index (κ3) is 3.68. The number of rotatable bonds is 3. The summed E-state index contributed by atoms with van der Waals surface area (Å²) in [6, 6.07) is 0.734. The summed E-state index contributed by atoms with van der Waals surface area (Å²) in [4.78, 5) is 20.7. The van der Waals surface area contributed by atoms with Gasteiger partial charge in [0.05, 0.1) is 6.20 Å². The van der Waals surface area contributed by atoms with Crippen LogP contribution >= 0.6 is 0 Å². The highest BCUT2D eigenvalue weighted by molar-refractivity contribution is 5.92. The Morgan fingerprint density at radius 3 is 2.68 bits per heavy atom. The minimum atomic E-state index is -0.872. The number of pyridine rings is 1. The zero-order chi connectivity index (χ0) is 17.4. The molecule has 0 bridgehead atoms. The summed E-state index contributed by atoms with van der Waals surface area (Å²) in [6.45, 7) is 4.66. The molecule has 0 N–H and O–H groups in total. The molecule has 3 heterocycles. The highest BCUT2D eigenvalue weighted by Gasteiger charge is 2.41. The van der Waals surface area contributed by atoms with Crippen molar-refractivity contribution in [3.05, 3.63) is 29.6 Å². The molecule has 1 atom stereocenters. The predicted octanol–water partition coefficient (Wildman–Crippen LogP) is 3.09. The van der Waals surface area contributed by atoms with Crippen molar-refractivity contribution in [3.8, 4) is 0 Å². The van der Waals surface area contributed by atoms with Gasteiger partial charge in [0, 0.05) is 37.7 Å². The molecular weight excluding hydrogens is 324 g/mol. The molecule has 0 radical (unpaired) electrons. The molecule has 1 amide bonds. The molecule has 1 unspecified atom stereocenters. The molecule has 6 heteroatoms. The van der Waals surface area contributed by atoms with Gasteiger partial charge in [0.25, 0.3) is 5.91 Å². The second-order valence-corrected chi connectivity index (χ2v) is 8.10. The van der Waals surface area contributed by atoms with Crippen LogP contribution in [0.3, 0.4) is 0 Å². The van der Waals surface area contributed by atoms with Gasteiger partial charge in [-0.25, -0.2) is 13.8 Å². The van der Waals surface area contributed by atoms with Gasteiger partial charge in [-0.2, -0.15) is 0 Å². The summed E-state index contributed by atoms with van der Waals surface area (Å²) in [5, 5.41) is 0. The van der Waals surface area contributed by atoms with Gasteiger partial charge in [-0.05, 0) is 51.0 Å². The summed E-state index contributed by atoms with van der Waals surface area (Å²) in [5.74, 6) is -1.17. The van der Waals surface area contributed by atoms with Crippen LogP contribution < -0.4 is 0 Å². The van der Waals surface area contributed by atoms with E-state index in [0.717, 1.165) is 57.0 Å². The van der Waals surface area contributed by atoms with Crippen LogP contribution in [0.25, 0.3) is 0 Å². The van der Waals surface area contributed by atoms with Crippen molar-refractivity contribution in [2.45, 2.75) is 38.5 Å². The smallest absolute Gasteiger partial charge is 0.275 e. The lowest BCUT2D eigenvalue weighted by atomic mass is 9.73. The molecule has 4 rings (SSSR count). The lowest BCUT2D eigenvalue weighted by molar-refractivity contribution is 0.0120. The Balaban J connectivity index is 1.47. The van der Waals surface area contributed by atoms with E-state index in [1.165, 1.54) is 19.4 Å². The average Bonchev–Trinajstić information content (AvgIpc) is 3.38. The van der Waals surface area contributed by atoms with Crippen LogP contribution in [0, 0.1) is 23.0 Å². The number of halogens is 2. The molecule has 3 aliphatic rings. The third-order valence-corrected chi connectivity index (χ3v) is 5.91. The summed E-state index contributed by atoms with van der Waals surface area (Å²) in [6.07, 6.45) is 7.96. The van der Waals surface area contributed by atoms with E-state index in [4.69, 9.17) is 0 Å². The number of piperidine rings is 2. The van der Waals surface area contributed by atoms with E-state index in [1.807, 2.05) is 0 Å². The van der Waals surface area contributed by atoms with Gasteiger partial charge in [0.1, 0.15) is 5.82 Å². The van der Waals surface area contributed by atoms with Crippen molar-refractivity contribution in [3.63, 3.8) is 0 Å². The monoisotopic (exact) mass is 349 g/mol. The number of amides is 1. The Morgan fingerprint density at radius 2 is 1.96 bits per heavy atom. The number of hydrogen-bond acceptors (Lipinski definition) is 3. The first kappa shape index (κ1) is 16.9. The summed E-state index contributed by atoms with van der Waals surface area (Å²) >= 11 is 0. The molecule has 25 heavy (non-hydrogen) atoms. The number of likely N-dealkylation sites (tertiary alicyclic amines) is 2. The number of carbonyl (C=O) groups is 1. The summed E-state index contributed by atoms with van der Waals surface area (Å²) in [5.41, 5.74) is -0.138. The standard InChI is InChI=1S/C19H25F2N3O/c20-15-9-16(21)17(22-10-15)18(25)24-8-2-6-19(13-24)5-1-7-23(12-19)11-14-3-4-14/h9-10,14H,1-8,11-13H2. The third-order valence-electron chi connectivity index (χ3n) is 5.91. The van der Waals surface area contributed by atoms with E-state index < -0.39 is 17.5 Å². The molecule has 2 aliphatic heterocycles. The molecule has 4 nitrogen and oxygen atoms in total. The Labute approximate surface area is 147 Å². The minimum absolute atomic E-state index is 0.123. The molecule has 136 valence electrons. The normalized spacial score (nSPS) is 27.7. The second-order valence-electron chi connectivity index (χ2n) is 8.10. The van der Waals surface area contributed by atoms with Gasteiger partial charge in [-0.15, -0.1) is 0 Å². The fourth-order valence-electron chi connectivity index (χ4n) is 4.57. The van der Waals surface area contributed by atoms with Crippen LogP contribution in [-0.2, 0) is 0 Å². The Hall–Kier alpha value is -1.56. The van der Waals surface area contributed by atoms with Crippen molar-refractivity contribution in [2.24, 2.45) is 11.3 Å². The largest absolute Gasteiger partial charge is 0.337 e. The Kier molecular flexibility index (Phi) is 4.48. The molecule has 0 aromatic carbocycles. The molecule has 1 aromatic rings. The van der Waals surface area contributed by atoms with E-state index in [9.17, 15) is 13.6 Å². The van der Waals surface area contributed by atoms with Crippen molar-refractivity contribution in [1.82, 2.24) is 14.8 Å². The number of hydrogen-bond donors (Lipinski definition) is 0. The molecule has 1 aromatic heterocycles. The number of nitrogens with zero attached hydrogens (tertiary/aromatic N) is 3. The lowest BCUT2D eigenvalue weighted by Gasteiger charge is -2.48. The van der Waals surface area contributed by atoms with Crippen LogP contribution in [0.15, 0.2) is 12.3 Å². The van der Waals surface area contributed by atoms with Gasteiger partial charge in [-0.3, -0.25) is 4.79 Å². The second kappa shape index (κ2) is 6.63. The zero-order valence-corrected chi connectivity index (χ0v) is 14.5. The van der Waals surface area contributed by atoms with Gasteiger partial charge < -0.3 is 9.80 Å². The van der Waals surface area contributed by atoms with Crippen LogP contribution in [0.1, 0.15) is 49.0 Å². The van der Waals surface area contributed by atoms with Gasteiger partial charge >= 0.3 is 0 Å². The predicted molar refractivity (Wildman–Crippen MR) is 90.1 cm³/mol. The average molecular weight is 349 g/mol. The fraction of sp³-hybridized carbons (Fsp3) is 0.684. The van der Waals surface area contributed by atoms with Crippen LogP contribution in [0.4, 0.5) is 8.78 Å². The van der Waals surface area contributed by atoms with Gasteiger partial charge in [0.15, 0.2) is 11.5 Å². The molecule has 1 saturated carbocycles. The SMILES string of the molecule is O=C(c1ncc(F)cc1F)N1CCCC2(CCCN(CC3CC3)C2)C1. The lowest BCUT2D eigenvalue weighted by Crippen LogP contribution is -2.54. The summed E-state index contributed by atoms with van der Waals surface area (Å²) < 4.78 is 27.0. The van der Waals surface area contributed by atoms with E-state index in [1.54, 1.807) is 4.90 Å². The van der Waals surface area contributed by atoms with Crippen LogP contribution in [0.2, 0.25) is 0 Å². The quantitative estimate of drug-likeness (QED) is 0.841. The van der Waals surface area contributed by atoms with Crippen molar-refractivity contribution >= 4 is 5.91 Å². The van der Waals surface area contributed by atoms with Gasteiger partial charge in [-0.1, -0.05) is 0 Å². The van der Waals surface area contributed by atoms with E-state index in [2.05, 4.69) is 9.88 Å². The highest BCUT2D eigenvalue weighted by atomic mass is 19.1. The fourth-order valence-corrected chi connectivity index (χ4v) is 4.57. The zero-order valence-electron chi connectivity index (χ0n) is 14.5. The molecule has 1 spiro atoms. The Morgan fingerprint density at radius 1 is 1.20 bits per heavy atom. The molecule has 3 fully saturated rings. The first-order valence-corrected chi connectivity index (χ1v) is 9.37. The maximum atomic E-state index is 13.9. The van der Waals surface area contributed by atoms with Gasteiger partial charge in [0.2, 0.25) is 0 Å². The molecular formula is C19H25F2N3O. The van der Waals surface area contributed by atoms with Crippen molar-refractivity contribution in [1.29, 1.82) is 0 Å². The number of aromatic nitrogens is 1. The topological polar surface area (TPSA) is 36.4 Å². The molecule has 2 saturated heterocycles. The first-order chi connectivity index (χ1) is 12.0. The highest BCUT2D eigenvalue weighted by Crippen LogP contribution is 2.40. The Bertz CT molecular complexity index is 660. The maximum absolute atomic E-state index is 13.9. The van der Waals surface area contributed by atoms with Crippen molar-refractivity contribution < 1.29 is 13.6 Å². The van der Waals surface area contributed by atoms with E-state index in [0.29, 0.717) is 13.1 Å². The number of carbonyl (C=O) groups excluding carboxylic acids is 1.